The summed E-state index contributed by atoms with van der Waals surface area (Å²) in [6.45, 7) is 4.72. The van der Waals surface area contributed by atoms with Crippen LogP contribution in [0.15, 0.2) is 12.1 Å². The highest BCUT2D eigenvalue weighted by atomic mass is 32.1. The van der Waals surface area contributed by atoms with Crippen LogP contribution in [0, 0.1) is 6.92 Å². The van der Waals surface area contributed by atoms with Gasteiger partial charge >= 0.3 is 6.18 Å². The van der Waals surface area contributed by atoms with Crippen molar-refractivity contribution >= 4 is 33.3 Å². The van der Waals surface area contributed by atoms with Crippen molar-refractivity contribution in [1.82, 2.24) is 19.6 Å². The van der Waals surface area contributed by atoms with Gasteiger partial charge in [-0.3, -0.25) is 14.2 Å². The van der Waals surface area contributed by atoms with Crippen molar-refractivity contribution in [3.8, 4) is 0 Å². The lowest BCUT2D eigenvalue weighted by Gasteiger charge is -2.02. The largest absolute Gasteiger partial charge is 0.435 e. The number of alkyl halides is 3. The van der Waals surface area contributed by atoms with Gasteiger partial charge in [-0.2, -0.15) is 23.4 Å². The van der Waals surface area contributed by atoms with Gasteiger partial charge in [0.15, 0.2) is 11.5 Å². The summed E-state index contributed by atoms with van der Waals surface area (Å²) >= 11 is 0.967. The zero-order valence-corrected chi connectivity index (χ0v) is 15.3. The quantitative estimate of drug-likeness (QED) is 0.716. The second-order valence-electron chi connectivity index (χ2n) is 6.00. The molecular weight excluding hydrogens is 367 g/mol. The number of rotatable bonds is 5. The Labute approximate surface area is 151 Å². The molecule has 1 N–H and O–H groups in total. The van der Waals surface area contributed by atoms with Gasteiger partial charge in [0.05, 0.1) is 4.88 Å². The van der Waals surface area contributed by atoms with Crippen LogP contribution in [0.4, 0.5) is 19.0 Å². The molecule has 0 saturated heterocycles. The van der Waals surface area contributed by atoms with Crippen LogP contribution in [-0.2, 0) is 19.8 Å². The smallest absolute Gasteiger partial charge is 0.304 e. The zero-order chi connectivity index (χ0) is 19.1. The summed E-state index contributed by atoms with van der Waals surface area (Å²) in [6.07, 6.45) is -2.57. The van der Waals surface area contributed by atoms with Crippen molar-refractivity contribution in [2.75, 3.05) is 5.32 Å². The van der Waals surface area contributed by atoms with E-state index >= 15 is 0 Å². The first-order valence-corrected chi connectivity index (χ1v) is 8.92. The highest BCUT2D eigenvalue weighted by Crippen LogP contribution is 2.37. The lowest BCUT2D eigenvalue weighted by atomic mass is 10.2. The van der Waals surface area contributed by atoms with E-state index in [1.165, 1.54) is 13.1 Å². The second kappa shape index (κ2) is 6.75. The number of hydrogen-bond acceptors (Lipinski definition) is 4. The van der Waals surface area contributed by atoms with Crippen molar-refractivity contribution in [3.63, 3.8) is 0 Å². The molecule has 0 spiro atoms. The number of hydrogen-bond donors (Lipinski definition) is 1. The first-order valence-electron chi connectivity index (χ1n) is 8.10. The average molecular weight is 385 g/mol. The standard InChI is InChI=1S/C16H18F3N5OS/c1-4-5-6-24-9(2)7-12(21-24)20-14(25)11-8-10-13(16(17,18)19)22-23(3)15(10)26-11/h7-8H,4-6H2,1-3H3,(H,20,21,25). The van der Waals surface area contributed by atoms with E-state index in [0.717, 1.165) is 41.1 Å². The highest BCUT2D eigenvalue weighted by Gasteiger charge is 2.37. The van der Waals surface area contributed by atoms with Gasteiger partial charge < -0.3 is 5.32 Å². The highest BCUT2D eigenvalue weighted by molar-refractivity contribution is 7.20. The van der Waals surface area contributed by atoms with Crippen LogP contribution in [-0.4, -0.2) is 25.5 Å². The summed E-state index contributed by atoms with van der Waals surface area (Å²) in [7, 11) is 1.43. The molecule has 0 radical (unpaired) electrons. The number of carbonyl (C=O) groups excluding carboxylic acids is 1. The summed E-state index contributed by atoms with van der Waals surface area (Å²) < 4.78 is 42.1. The van der Waals surface area contributed by atoms with Crippen LogP contribution in [0.2, 0.25) is 0 Å². The SMILES string of the molecule is CCCCn1nc(NC(=O)c2cc3c(C(F)(F)F)nn(C)c3s2)cc1C. The summed E-state index contributed by atoms with van der Waals surface area (Å²) in [5.74, 6) is -0.102. The Morgan fingerprint density at radius 3 is 2.69 bits per heavy atom. The molecule has 26 heavy (non-hydrogen) atoms. The topological polar surface area (TPSA) is 64.7 Å². The minimum Gasteiger partial charge on any atom is -0.304 e. The van der Waals surface area contributed by atoms with Crippen LogP contribution in [0.3, 0.4) is 0 Å². The third kappa shape index (κ3) is 3.46. The minimum absolute atomic E-state index is 0.0696. The predicted molar refractivity (Wildman–Crippen MR) is 93.4 cm³/mol. The maximum absolute atomic E-state index is 13.1. The van der Waals surface area contributed by atoms with Gasteiger partial charge in [0.1, 0.15) is 4.83 Å². The van der Waals surface area contributed by atoms with Crippen LogP contribution in [0.25, 0.3) is 10.2 Å². The predicted octanol–water partition coefficient (Wildman–Crippen LogP) is 4.21. The number of amides is 1. The Balaban J connectivity index is 1.84. The van der Waals surface area contributed by atoms with Gasteiger partial charge in [-0.1, -0.05) is 13.3 Å². The normalized spacial score (nSPS) is 12.1. The fourth-order valence-electron chi connectivity index (χ4n) is 2.65. The monoisotopic (exact) mass is 385 g/mol. The van der Waals surface area contributed by atoms with Crippen LogP contribution < -0.4 is 5.32 Å². The van der Waals surface area contributed by atoms with Crippen LogP contribution in [0.5, 0.6) is 0 Å². The maximum Gasteiger partial charge on any atom is 0.435 e. The molecule has 0 bridgehead atoms. The number of aryl methyl sites for hydroxylation is 3. The van der Waals surface area contributed by atoms with Gasteiger partial charge in [-0.25, -0.2) is 0 Å². The molecule has 3 heterocycles. The molecule has 3 aromatic heterocycles. The number of thiophene rings is 1. The molecule has 0 aliphatic heterocycles. The third-order valence-corrected chi connectivity index (χ3v) is 5.15. The van der Waals surface area contributed by atoms with Crippen molar-refractivity contribution in [2.45, 2.75) is 39.4 Å². The van der Waals surface area contributed by atoms with Crippen LogP contribution >= 0.6 is 11.3 Å². The summed E-state index contributed by atoms with van der Waals surface area (Å²) in [5, 5.41) is 10.4. The van der Waals surface area contributed by atoms with Crippen molar-refractivity contribution in [3.05, 3.63) is 28.4 Å². The van der Waals surface area contributed by atoms with Crippen molar-refractivity contribution in [2.24, 2.45) is 7.05 Å². The molecular formula is C16H18F3N5OS. The molecule has 0 atom stereocenters. The number of fused-ring (bicyclic) bond motifs is 1. The van der Waals surface area contributed by atoms with E-state index in [4.69, 9.17) is 0 Å². The van der Waals surface area contributed by atoms with E-state index in [1.807, 2.05) is 6.92 Å². The number of nitrogens with one attached hydrogen (secondary N) is 1. The van der Waals surface area contributed by atoms with E-state index in [0.29, 0.717) is 10.6 Å². The molecule has 3 aromatic rings. The number of halogens is 3. The number of anilines is 1. The van der Waals surface area contributed by atoms with Gasteiger partial charge in [0.25, 0.3) is 5.91 Å². The number of unbranched alkanes of at least 4 members (excludes halogenated alkanes) is 1. The molecule has 0 unspecified atom stereocenters. The van der Waals surface area contributed by atoms with E-state index in [1.54, 1.807) is 10.7 Å². The lowest BCUT2D eigenvalue weighted by molar-refractivity contribution is -0.140. The number of carbonyl (C=O) groups is 1. The molecule has 1 amide bonds. The van der Waals surface area contributed by atoms with E-state index in [-0.39, 0.29) is 10.3 Å². The molecule has 10 heteroatoms. The molecule has 3 rings (SSSR count). The van der Waals surface area contributed by atoms with Crippen molar-refractivity contribution < 1.29 is 18.0 Å². The van der Waals surface area contributed by atoms with Crippen LogP contribution in [0.1, 0.15) is 40.8 Å². The van der Waals surface area contributed by atoms with E-state index in [2.05, 4.69) is 22.4 Å². The second-order valence-corrected chi connectivity index (χ2v) is 7.03. The minimum atomic E-state index is -4.57. The van der Waals surface area contributed by atoms with Gasteiger partial charge in [-0.15, -0.1) is 11.3 Å². The molecule has 0 aliphatic carbocycles. The fourth-order valence-corrected chi connectivity index (χ4v) is 3.61. The Bertz CT molecular complexity index is 953. The fraction of sp³-hybridized carbons (Fsp3) is 0.438. The average Bonchev–Trinajstić information content (AvgIpc) is 3.20. The van der Waals surface area contributed by atoms with Gasteiger partial charge in [0.2, 0.25) is 0 Å². The summed E-state index contributed by atoms with van der Waals surface area (Å²) in [4.78, 5) is 12.9. The number of aromatic nitrogens is 4. The lowest BCUT2D eigenvalue weighted by Crippen LogP contribution is -2.12. The zero-order valence-electron chi connectivity index (χ0n) is 14.5. The first kappa shape index (κ1) is 18.4. The Morgan fingerprint density at radius 2 is 2.04 bits per heavy atom. The van der Waals surface area contributed by atoms with Crippen molar-refractivity contribution in [1.29, 1.82) is 0 Å². The summed E-state index contributed by atoms with van der Waals surface area (Å²) in [6, 6.07) is 2.97. The molecule has 0 aromatic carbocycles. The first-order chi connectivity index (χ1) is 12.2. The van der Waals surface area contributed by atoms with Gasteiger partial charge in [-0.05, 0) is 19.4 Å². The number of nitrogens with zero attached hydrogens (tertiary/aromatic N) is 4. The molecule has 0 saturated carbocycles. The molecule has 0 aliphatic rings. The third-order valence-electron chi connectivity index (χ3n) is 3.95. The Hall–Kier alpha value is -2.36. The Morgan fingerprint density at radius 1 is 1.31 bits per heavy atom. The van der Waals surface area contributed by atoms with Gasteiger partial charge in [0, 0.05) is 30.7 Å². The van der Waals surface area contributed by atoms with E-state index < -0.39 is 17.8 Å². The maximum atomic E-state index is 13.1. The molecule has 140 valence electrons. The van der Waals surface area contributed by atoms with E-state index in [9.17, 15) is 18.0 Å². The molecule has 0 fully saturated rings. The molecule has 6 nitrogen and oxygen atoms in total. The summed E-state index contributed by atoms with van der Waals surface area (Å²) in [5.41, 5.74) is -0.0707. The Kier molecular flexibility index (Phi) is 4.78.